The Labute approximate surface area is 193 Å². The SMILES string of the molecule is Cc1c(NC(=O)[C@H](C)Sc2nnc(Cc3cccs3)n2C)c(=O)n(-c2ccccc2)n1C. The van der Waals surface area contributed by atoms with E-state index in [2.05, 4.69) is 21.6 Å². The van der Waals surface area contributed by atoms with Crippen LogP contribution < -0.4 is 10.9 Å². The first-order chi connectivity index (χ1) is 15.4. The van der Waals surface area contributed by atoms with Crippen LogP contribution in [0.2, 0.25) is 0 Å². The average molecular weight is 469 g/mol. The Morgan fingerprint density at radius 1 is 1.16 bits per heavy atom. The lowest BCUT2D eigenvalue weighted by Crippen LogP contribution is -2.27. The van der Waals surface area contributed by atoms with E-state index >= 15 is 0 Å². The maximum absolute atomic E-state index is 13.0. The minimum absolute atomic E-state index is 0.260. The molecule has 0 spiro atoms. The molecule has 1 atom stereocenters. The van der Waals surface area contributed by atoms with E-state index in [1.165, 1.54) is 16.6 Å². The molecule has 1 N–H and O–H groups in total. The highest BCUT2D eigenvalue weighted by atomic mass is 32.2. The standard InChI is InChI=1S/C22H24N6O2S2/c1-14-19(21(30)28(27(14)4)16-9-6-5-7-10-16)23-20(29)15(2)32-22-25-24-18(26(22)3)13-17-11-8-12-31-17/h5-12,15H,13H2,1-4H3,(H,23,29)/t15-/m0/s1. The molecule has 166 valence electrons. The third-order valence-electron chi connectivity index (χ3n) is 5.29. The minimum atomic E-state index is -0.461. The topological polar surface area (TPSA) is 86.7 Å². The van der Waals surface area contributed by atoms with Gasteiger partial charge in [-0.15, -0.1) is 21.5 Å². The van der Waals surface area contributed by atoms with Gasteiger partial charge in [0.2, 0.25) is 5.91 Å². The van der Waals surface area contributed by atoms with Gasteiger partial charge < -0.3 is 9.88 Å². The smallest absolute Gasteiger partial charge is 0.295 e. The molecular formula is C22H24N6O2S2. The van der Waals surface area contributed by atoms with E-state index in [-0.39, 0.29) is 17.2 Å². The molecule has 32 heavy (non-hydrogen) atoms. The van der Waals surface area contributed by atoms with Crippen molar-refractivity contribution in [2.45, 2.75) is 30.7 Å². The fraction of sp³-hybridized carbons (Fsp3) is 0.273. The van der Waals surface area contributed by atoms with Crippen LogP contribution in [0.25, 0.3) is 5.69 Å². The first kappa shape index (κ1) is 22.1. The normalized spacial score (nSPS) is 12.1. The molecule has 0 aliphatic heterocycles. The van der Waals surface area contributed by atoms with Crippen LogP contribution in [0.1, 0.15) is 23.3 Å². The van der Waals surface area contributed by atoms with Gasteiger partial charge in [0.15, 0.2) is 5.16 Å². The molecule has 0 saturated heterocycles. The molecule has 0 bridgehead atoms. The van der Waals surface area contributed by atoms with E-state index in [0.717, 1.165) is 11.5 Å². The van der Waals surface area contributed by atoms with Crippen LogP contribution in [-0.2, 0) is 25.3 Å². The van der Waals surface area contributed by atoms with Crippen molar-refractivity contribution in [3.8, 4) is 5.69 Å². The average Bonchev–Trinajstić information content (AvgIpc) is 3.47. The van der Waals surface area contributed by atoms with Gasteiger partial charge in [0.1, 0.15) is 11.5 Å². The van der Waals surface area contributed by atoms with E-state index in [1.54, 1.807) is 34.7 Å². The number of hydrogen-bond donors (Lipinski definition) is 1. The van der Waals surface area contributed by atoms with Gasteiger partial charge in [-0.3, -0.25) is 14.3 Å². The zero-order valence-corrected chi connectivity index (χ0v) is 19.9. The van der Waals surface area contributed by atoms with Crippen molar-refractivity contribution < 1.29 is 4.79 Å². The van der Waals surface area contributed by atoms with Crippen LogP contribution in [0.5, 0.6) is 0 Å². The van der Waals surface area contributed by atoms with Crippen molar-refractivity contribution in [2.75, 3.05) is 5.32 Å². The lowest BCUT2D eigenvalue weighted by atomic mass is 10.3. The third-order valence-corrected chi connectivity index (χ3v) is 7.30. The number of thiophene rings is 1. The predicted molar refractivity (Wildman–Crippen MR) is 128 cm³/mol. The van der Waals surface area contributed by atoms with Crippen molar-refractivity contribution in [2.24, 2.45) is 14.1 Å². The Bertz CT molecular complexity index is 1290. The quantitative estimate of drug-likeness (QED) is 0.420. The number of benzene rings is 1. The summed E-state index contributed by atoms with van der Waals surface area (Å²) in [4.78, 5) is 27.1. The van der Waals surface area contributed by atoms with Crippen molar-refractivity contribution in [1.82, 2.24) is 24.1 Å². The second kappa shape index (κ2) is 9.17. The fourth-order valence-electron chi connectivity index (χ4n) is 3.32. The van der Waals surface area contributed by atoms with Gasteiger partial charge in [0.25, 0.3) is 5.56 Å². The van der Waals surface area contributed by atoms with Gasteiger partial charge in [0, 0.05) is 25.4 Å². The monoisotopic (exact) mass is 468 g/mol. The van der Waals surface area contributed by atoms with Crippen LogP contribution in [0.3, 0.4) is 0 Å². The number of para-hydroxylation sites is 1. The lowest BCUT2D eigenvalue weighted by molar-refractivity contribution is -0.115. The molecular weight excluding hydrogens is 444 g/mol. The van der Waals surface area contributed by atoms with E-state index in [4.69, 9.17) is 0 Å². The van der Waals surface area contributed by atoms with Gasteiger partial charge in [0.05, 0.1) is 16.6 Å². The Balaban J connectivity index is 1.49. The van der Waals surface area contributed by atoms with Crippen LogP contribution in [0.15, 0.2) is 57.8 Å². The van der Waals surface area contributed by atoms with Crippen LogP contribution in [-0.4, -0.2) is 35.3 Å². The summed E-state index contributed by atoms with van der Waals surface area (Å²) in [5, 5.41) is 13.6. The van der Waals surface area contributed by atoms with Gasteiger partial charge in [-0.05, 0) is 37.4 Å². The Morgan fingerprint density at radius 3 is 2.59 bits per heavy atom. The Kier molecular flexibility index (Phi) is 6.33. The molecule has 0 aliphatic carbocycles. The first-order valence-corrected chi connectivity index (χ1v) is 11.8. The molecule has 0 aliphatic rings. The molecule has 1 amide bonds. The second-order valence-electron chi connectivity index (χ2n) is 7.40. The van der Waals surface area contributed by atoms with Crippen LogP contribution in [0.4, 0.5) is 5.69 Å². The second-order valence-corrected chi connectivity index (χ2v) is 9.74. The number of nitrogens with zero attached hydrogens (tertiary/aromatic N) is 5. The molecule has 0 unspecified atom stereocenters. The summed E-state index contributed by atoms with van der Waals surface area (Å²) in [6.07, 6.45) is 0.699. The number of carbonyl (C=O) groups excluding carboxylic acids is 1. The summed E-state index contributed by atoms with van der Waals surface area (Å²) in [7, 11) is 3.70. The van der Waals surface area contributed by atoms with Crippen molar-refractivity contribution >= 4 is 34.7 Å². The predicted octanol–water partition coefficient (Wildman–Crippen LogP) is 3.38. The molecule has 4 rings (SSSR count). The Morgan fingerprint density at radius 2 is 1.91 bits per heavy atom. The van der Waals surface area contributed by atoms with E-state index < -0.39 is 5.25 Å². The maximum atomic E-state index is 13.0. The molecule has 3 heterocycles. The third kappa shape index (κ3) is 4.28. The van der Waals surface area contributed by atoms with Crippen LogP contribution >= 0.6 is 23.1 Å². The number of rotatable bonds is 7. The zero-order chi connectivity index (χ0) is 22.8. The molecule has 4 aromatic rings. The first-order valence-electron chi connectivity index (χ1n) is 10.1. The summed E-state index contributed by atoms with van der Waals surface area (Å²) in [6, 6.07) is 13.4. The number of carbonyl (C=O) groups is 1. The highest BCUT2D eigenvalue weighted by Crippen LogP contribution is 2.24. The molecule has 10 heteroatoms. The van der Waals surface area contributed by atoms with E-state index in [0.29, 0.717) is 17.3 Å². The number of aromatic nitrogens is 5. The molecule has 0 radical (unpaired) electrons. The summed E-state index contributed by atoms with van der Waals surface area (Å²) in [6.45, 7) is 3.61. The highest BCUT2D eigenvalue weighted by Gasteiger charge is 2.23. The summed E-state index contributed by atoms with van der Waals surface area (Å²) >= 11 is 2.99. The molecule has 0 saturated carbocycles. The fourth-order valence-corrected chi connectivity index (χ4v) is 4.85. The minimum Gasteiger partial charge on any atom is -0.319 e. The largest absolute Gasteiger partial charge is 0.319 e. The Hall–Kier alpha value is -3.11. The van der Waals surface area contributed by atoms with Crippen LogP contribution in [0, 0.1) is 6.92 Å². The zero-order valence-electron chi connectivity index (χ0n) is 18.3. The highest BCUT2D eigenvalue weighted by molar-refractivity contribution is 8.00. The lowest BCUT2D eigenvalue weighted by Gasteiger charge is -2.11. The molecule has 1 aromatic carbocycles. The van der Waals surface area contributed by atoms with Gasteiger partial charge in [-0.1, -0.05) is 36.0 Å². The van der Waals surface area contributed by atoms with Gasteiger partial charge >= 0.3 is 0 Å². The number of hydrogen-bond acceptors (Lipinski definition) is 6. The van der Waals surface area contributed by atoms with Crippen molar-refractivity contribution in [3.05, 3.63) is 74.6 Å². The van der Waals surface area contributed by atoms with Gasteiger partial charge in [-0.25, -0.2) is 4.68 Å². The van der Waals surface area contributed by atoms with E-state index in [1.807, 2.05) is 60.3 Å². The number of thioether (sulfide) groups is 1. The summed E-state index contributed by atoms with van der Waals surface area (Å²) in [5.74, 6) is 0.580. The van der Waals surface area contributed by atoms with Gasteiger partial charge in [-0.2, -0.15) is 0 Å². The number of nitrogens with one attached hydrogen (secondary N) is 1. The molecule has 8 nitrogen and oxygen atoms in total. The van der Waals surface area contributed by atoms with Crippen molar-refractivity contribution in [1.29, 1.82) is 0 Å². The molecule has 3 aromatic heterocycles. The number of anilines is 1. The molecule has 0 fully saturated rings. The summed E-state index contributed by atoms with van der Waals surface area (Å²) < 4.78 is 5.19. The van der Waals surface area contributed by atoms with E-state index in [9.17, 15) is 9.59 Å². The maximum Gasteiger partial charge on any atom is 0.295 e. The summed E-state index contributed by atoms with van der Waals surface area (Å²) in [5.41, 5.74) is 1.44. The van der Waals surface area contributed by atoms with Crippen molar-refractivity contribution in [3.63, 3.8) is 0 Å². The number of amides is 1.